The Labute approximate surface area is 186 Å². The molecule has 3 N–H and O–H groups in total. The second kappa shape index (κ2) is 8.75. The summed E-state index contributed by atoms with van der Waals surface area (Å²) in [6.07, 6.45) is 5.39. The number of hydrogen-bond acceptors (Lipinski definition) is 6. The van der Waals surface area contributed by atoms with Gasteiger partial charge in [-0.1, -0.05) is 5.16 Å². The molecule has 1 aliphatic heterocycles. The zero-order chi connectivity index (χ0) is 22.2. The Balaban J connectivity index is 1.14. The molecule has 1 atom stereocenters. The van der Waals surface area contributed by atoms with E-state index in [2.05, 4.69) is 10.1 Å². The topological polar surface area (TPSA) is 94.9 Å². The maximum Gasteiger partial charge on any atom is 0.197 e. The van der Waals surface area contributed by atoms with Crippen molar-refractivity contribution in [1.29, 1.82) is 0 Å². The average Bonchev–Trinajstić information content (AvgIpc) is 3.32. The van der Waals surface area contributed by atoms with Crippen LogP contribution in [-0.4, -0.2) is 55.7 Å². The summed E-state index contributed by atoms with van der Waals surface area (Å²) in [5, 5.41) is 36.6. The number of likely N-dealkylation sites (tertiary alicyclic amines) is 1. The van der Waals surface area contributed by atoms with Gasteiger partial charge in [-0.05, 0) is 70.2 Å². The lowest BCUT2D eigenvalue weighted by molar-refractivity contribution is 0.0864. The molecule has 0 bridgehead atoms. The highest BCUT2D eigenvalue weighted by atomic mass is 19.1. The first-order valence-corrected chi connectivity index (χ1v) is 11.6. The summed E-state index contributed by atoms with van der Waals surface area (Å²) in [7, 11) is 0. The number of aliphatic hydroxyl groups excluding tert-OH is 1. The van der Waals surface area contributed by atoms with Gasteiger partial charge in [-0.3, -0.25) is 4.57 Å². The van der Waals surface area contributed by atoms with Crippen molar-refractivity contribution in [3.63, 3.8) is 0 Å². The van der Waals surface area contributed by atoms with Gasteiger partial charge in [0.25, 0.3) is 0 Å². The zero-order valence-electron chi connectivity index (χ0n) is 18.1. The lowest BCUT2D eigenvalue weighted by Crippen LogP contribution is -2.38. The molecule has 5 rings (SSSR count). The van der Waals surface area contributed by atoms with E-state index in [1.807, 2.05) is 0 Å². The molecule has 1 aromatic carbocycles. The predicted octanol–water partition coefficient (Wildman–Crippen LogP) is 3.69. The molecule has 7 nitrogen and oxygen atoms in total. The molecule has 0 radical (unpaired) electrons. The van der Waals surface area contributed by atoms with Crippen LogP contribution in [0, 0.1) is 5.82 Å². The molecule has 1 unspecified atom stereocenters. The molecule has 0 spiro atoms. The molecule has 0 amide bonds. The van der Waals surface area contributed by atoms with E-state index in [9.17, 15) is 19.7 Å². The number of halogens is 1. The van der Waals surface area contributed by atoms with Gasteiger partial charge in [0, 0.05) is 41.6 Å². The number of hydrogen-bond donors (Lipinski definition) is 3. The number of aliphatic hydroxyl groups is 1. The maximum atomic E-state index is 13.4. The molecule has 3 aromatic rings. The minimum absolute atomic E-state index is 0.157. The number of piperidine rings is 1. The molecule has 8 heteroatoms. The largest absolute Gasteiger partial charge is 0.494 e. The Morgan fingerprint density at radius 1 is 1.09 bits per heavy atom. The first-order valence-electron chi connectivity index (χ1n) is 11.6. The van der Waals surface area contributed by atoms with Gasteiger partial charge < -0.3 is 24.7 Å². The third-order valence-corrected chi connectivity index (χ3v) is 7.11. The fourth-order valence-corrected chi connectivity index (χ4v) is 5.32. The van der Waals surface area contributed by atoms with Crippen molar-refractivity contribution >= 4 is 11.0 Å². The lowest BCUT2D eigenvalue weighted by Gasteiger charge is -2.32. The highest BCUT2D eigenvalue weighted by molar-refractivity contribution is 5.79. The van der Waals surface area contributed by atoms with Gasteiger partial charge in [-0.15, -0.1) is 0 Å². The fraction of sp³-hybridized carbons (Fsp3) is 0.542. The van der Waals surface area contributed by atoms with Gasteiger partial charge in [0.1, 0.15) is 5.82 Å². The summed E-state index contributed by atoms with van der Waals surface area (Å²) in [5.74, 6) is 0.246. The molecule has 1 aliphatic carbocycles. The van der Waals surface area contributed by atoms with Crippen molar-refractivity contribution in [2.75, 3.05) is 19.6 Å². The van der Waals surface area contributed by atoms with Gasteiger partial charge in [0.2, 0.25) is 0 Å². The fourth-order valence-electron chi connectivity index (χ4n) is 5.32. The summed E-state index contributed by atoms with van der Waals surface area (Å²) in [4.78, 5) is 2.24. The van der Waals surface area contributed by atoms with E-state index < -0.39 is 6.10 Å². The van der Waals surface area contributed by atoms with Crippen molar-refractivity contribution < 1.29 is 24.2 Å². The molecule has 0 saturated carbocycles. The molecule has 172 valence electrons. The highest BCUT2D eigenvalue weighted by Gasteiger charge is 2.27. The molecule has 2 aromatic heterocycles. The van der Waals surface area contributed by atoms with Crippen molar-refractivity contribution in [3.05, 3.63) is 40.8 Å². The SMILES string of the molecule is Oc1c2c(c(O)n1CCC(O)CN1CCC(c3noc4cc(F)ccc34)CC1)CCCC2. The maximum absolute atomic E-state index is 13.4. The van der Waals surface area contributed by atoms with Gasteiger partial charge in [-0.25, -0.2) is 4.39 Å². The number of nitrogens with zero attached hydrogens (tertiary/aromatic N) is 3. The van der Waals surface area contributed by atoms with Crippen LogP contribution in [0.3, 0.4) is 0 Å². The van der Waals surface area contributed by atoms with Crippen molar-refractivity contribution in [2.24, 2.45) is 0 Å². The molecular formula is C24H30FN3O4. The lowest BCUT2D eigenvalue weighted by atomic mass is 9.91. The Hall–Kier alpha value is -2.58. The number of benzene rings is 1. The summed E-state index contributed by atoms with van der Waals surface area (Å²) >= 11 is 0. The monoisotopic (exact) mass is 443 g/mol. The number of aromatic hydroxyl groups is 2. The van der Waals surface area contributed by atoms with E-state index in [-0.39, 0.29) is 23.5 Å². The van der Waals surface area contributed by atoms with Crippen LogP contribution in [0.5, 0.6) is 11.8 Å². The molecule has 32 heavy (non-hydrogen) atoms. The van der Waals surface area contributed by atoms with Crippen LogP contribution in [-0.2, 0) is 19.4 Å². The molecule has 1 saturated heterocycles. The summed E-state index contributed by atoms with van der Waals surface area (Å²) in [5.41, 5.74) is 3.11. The number of fused-ring (bicyclic) bond motifs is 2. The van der Waals surface area contributed by atoms with Crippen LogP contribution in [0.15, 0.2) is 22.7 Å². The molecular weight excluding hydrogens is 413 g/mol. The smallest absolute Gasteiger partial charge is 0.197 e. The van der Waals surface area contributed by atoms with Crippen LogP contribution >= 0.6 is 0 Å². The number of rotatable bonds is 6. The van der Waals surface area contributed by atoms with Crippen LogP contribution in [0.25, 0.3) is 11.0 Å². The molecule has 1 fully saturated rings. The van der Waals surface area contributed by atoms with Crippen LogP contribution in [0.4, 0.5) is 4.39 Å². The standard InChI is InChI=1S/C24H30FN3O4/c25-16-5-6-20-21(13-16)32-26-22(20)15-7-10-27(11-8-15)14-17(29)9-12-28-23(30)18-3-1-2-4-19(18)24(28)31/h5-6,13,15,17,29-31H,1-4,7-12,14H2. The average molecular weight is 444 g/mol. The Bertz CT molecular complexity index is 1070. The van der Waals surface area contributed by atoms with Crippen LogP contribution in [0.2, 0.25) is 0 Å². The van der Waals surface area contributed by atoms with E-state index in [0.29, 0.717) is 25.1 Å². The third kappa shape index (κ3) is 3.97. The van der Waals surface area contributed by atoms with E-state index in [1.54, 1.807) is 10.6 Å². The van der Waals surface area contributed by atoms with Gasteiger partial charge >= 0.3 is 0 Å². The van der Waals surface area contributed by atoms with Gasteiger partial charge in [0.15, 0.2) is 17.3 Å². The third-order valence-electron chi connectivity index (χ3n) is 7.11. The van der Waals surface area contributed by atoms with Crippen LogP contribution in [0.1, 0.15) is 54.8 Å². The summed E-state index contributed by atoms with van der Waals surface area (Å²) < 4.78 is 20.2. The summed E-state index contributed by atoms with van der Waals surface area (Å²) in [6.45, 7) is 2.63. The van der Waals surface area contributed by atoms with Crippen LogP contribution < -0.4 is 0 Å². The summed E-state index contributed by atoms with van der Waals surface area (Å²) in [6, 6.07) is 4.54. The highest BCUT2D eigenvalue weighted by Crippen LogP contribution is 2.39. The normalized spacial score (nSPS) is 18.8. The quantitative estimate of drug-likeness (QED) is 0.538. The molecule has 3 heterocycles. The van der Waals surface area contributed by atoms with Gasteiger partial charge in [0.05, 0.1) is 11.8 Å². The molecule has 2 aliphatic rings. The second-order valence-electron chi connectivity index (χ2n) is 9.19. The van der Waals surface area contributed by atoms with Crippen molar-refractivity contribution in [2.45, 2.75) is 63.5 Å². The van der Waals surface area contributed by atoms with E-state index in [4.69, 9.17) is 4.52 Å². The van der Waals surface area contributed by atoms with Crippen molar-refractivity contribution in [1.82, 2.24) is 14.6 Å². The number of aromatic nitrogens is 2. The zero-order valence-corrected chi connectivity index (χ0v) is 18.1. The first-order chi connectivity index (χ1) is 15.5. The first kappa shape index (κ1) is 21.3. The predicted molar refractivity (Wildman–Crippen MR) is 117 cm³/mol. The minimum atomic E-state index is -0.541. The van der Waals surface area contributed by atoms with Crippen molar-refractivity contribution in [3.8, 4) is 11.8 Å². The minimum Gasteiger partial charge on any atom is -0.494 e. The van der Waals surface area contributed by atoms with E-state index >= 15 is 0 Å². The Morgan fingerprint density at radius 2 is 1.78 bits per heavy atom. The Kier molecular flexibility index (Phi) is 5.82. The van der Waals surface area contributed by atoms with Gasteiger partial charge in [-0.2, -0.15) is 0 Å². The van der Waals surface area contributed by atoms with E-state index in [1.165, 1.54) is 12.1 Å². The second-order valence-corrected chi connectivity index (χ2v) is 9.19. The Morgan fingerprint density at radius 3 is 2.47 bits per heavy atom. The number of β-amino-alcohol motifs (C(OH)–C–C–N with tert-alkyl or cyclic N) is 1. The van der Waals surface area contributed by atoms with E-state index in [0.717, 1.165) is 73.8 Å².